The summed E-state index contributed by atoms with van der Waals surface area (Å²) in [5.74, 6) is 0.196. The van der Waals surface area contributed by atoms with E-state index < -0.39 is 0 Å². The Balaban J connectivity index is 0.000000329. The second kappa shape index (κ2) is 17.2. The monoisotopic (exact) mass is 625 g/mol. The molecule has 10 heteroatoms. The Morgan fingerprint density at radius 1 is 0.829 bits per heavy atom. The maximum absolute atomic E-state index is 7.04. The van der Waals surface area contributed by atoms with Crippen molar-refractivity contribution in [3.8, 4) is 0 Å². The molecule has 0 unspecified atom stereocenters. The molecule has 5 N–H and O–H groups in total. The average Bonchev–Trinajstić information content (AvgIpc) is 3.27. The van der Waals surface area contributed by atoms with E-state index in [-0.39, 0.29) is 5.96 Å². The van der Waals surface area contributed by atoms with Gasteiger partial charge in [-0.2, -0.15) is 9.18 Å². The molecule has 2 aromatic carbocycles. The van der Waals surface area contributed by atoms with Gasteiger partial charge in [0.1, 0.15) is 41.3 Å². The van der Waals surface area contributed by atoms with Crippen molar-refractivity contribution in [3.05, 3.63) is 57.0 Å². The summed E-state index contributed by atoms with van der Waals surface area (Å²) in [6.07, 6.45) is 14.0. The van der Waals surface area contributed by atoms with Crippen LogP contribution in [0.15, 0.2) is 36.4 Å². The Bertz CT molecular complexity index is 1170. The van der Waals surface area contributed by atoms with Crippen LogP contribution in [0.4, 0.5) is 5.95 Å². The molecule has 0 aliphatic rings. The Labute approximate surface area is 262 Å². The summed E-state index contributed by atoms with van der Waals surface area (Å²) in [4.78, 5) is 7.03. The lowest BCUT2D eigenvalue weighted by Crippen LogP contribution is -2.64. The van der Waals surface area contributed by atoms with Crippen LogP contribution < -0.4 is 11.1 Å². The van der Waals surface area contributed by atoms with Crippen LogP contribution in [0, 0.1) is 5.41 Å². The van der Waals surface area contributed by atoms with Crippen molar-refractivity contribution in [3.63, 3.8) is 0 Å². The van der Waals surface area contributed by atoms with Crippen molar-refractivity contribution in [2.45, 2.75) is 77.7 Å². The number of anilines is 1. The molecule has 7 nitrogen and oxygen atoms in total. The van der Waals surface area contributed by atoms with Crippen molar-refractivity contribution in [1.29, 1.82) is 5.41 Å². The molecule has 0 aliphatic carbocycles. The predicted octanol–water partition coefficient (Wildman–Crippen LogP) is 9.00. The molecule has 0 saturated carbocycles. The van der Waals surface area contributed by atoms with Gasteiger partial charge < -0.3 is 10.7 Å². The minimum atomic E-state index is -0.189. The van der Waals surface area contributed by atoms with E-state index in [0.717, 1.165) is 26.3 Å². The summed E-state index contributed by atoms with van der Waals surface area (Å²) in [7, 11) is 9.41. The highest BCUT2D eigenvalue weighted by Crippen LogP contribution is 2.27. The number of unbranched alkanes of at least 4 members (excludes halogenated alkanes) is 9. The third-order valence-corrected chi connectivity index (χ3v) is 8.76. The van der Waals surface area contributed by atoms with E-state index in [0.29, 0.717) is 21.5 Å². The standard InChI is InChI=1S/C23H43ClN2.C8H7Cl2N5/c1-6-7-8-9-10-11-12-13-14-15-20-25(2,3)26(4,5)21-22-16-18-23(24)19-17-22;9-3-1-5-6(2-4(3)10)14-8(13-5)15-7(11)12/h16-19H,6-15,20-21H2,1-5H3;1-2H,(H5,11,12,13,14,15)/q+2;. The number of imidazole rings is 1. The fraction of sp³-hybridized carbons (Fsp3) is 0.548. The lowest BCUT2D eigenvalue weighted by molar-refractivity contribution is -1.47. The Kier molecular flexibility index (Phi) is 14.7. The molecule has 0 amide bonds. The number of quaternary nitrogens is 2. The molecular weight excluding hydrogens is 577 g/mol. The zero-order valence-corrected chi connectivity index (χ0v) is 27.8. The third-order valence-electron chi connectivity index (χ3n) is 7.78. The molecule has 0 fully saturated rings. The summed E-state index contributed by atoms with van der Waals surface area (Å²) in [5, 5.41) is 11.3. The van der Waals surface area contributed by atoms with Crippen LogP contribution in [0.1, 0.15) is 76.7 Å². The smallest absolute Gasteiger partial charge is 0.208 e. The molecule has 3 aromatic rings. The zero-order valence-electron chi connectivity index (χ0n) is 25.5. The number of aromatic nitrogens is 2. The Hall–Kier alpha value is -2.03. The molecule has 0 bridgehead atoms. The van der Waals surface area contributed by atoms with Gasteiger partial charge in [-0.05, 0) is 30.7 Å². The first-order valence-corrected chi connectivity index (χ1v) is 15.8. The number of H-pyrrole nitrogens is 1. The van der Waals surface area contributed by atoms with E-state index in [9.17, 15) is 0 Å². The van der Waals surface area contributed by atoms with Gasteiger partial charge in [0.2, 0.25) is 5.95 Å². The van der Waals surface area contributed by atoms with Gasteiger partial charge in [-0.25, -0.2) is 4.98 Å². The molecule has 3 rings (SSSR count). The molecule has 0 atom stereocenters. The number of nitrogens with zero attached hydrogens (tertiary/aromatic N) is 3. The zero-order chi connectivity index (χ0) is 30.5. The molecule has 0 radical (unpaired) electrons. The number of fused-ring (bicyclic) bond motifs is 1. The van der Waals surface area contributed by atoms with Gasteiger partial charge in [0, 0.05) is 17.0 Å². The summed E-state index contributed by atoms with van der Waals surface area (Å²) >= 11 is 17.7. The van der Waals surface area contributed by atoms with Gasteiger partial charge in [0.15, 0.2) is 5.96 Å². The number of nitrogens with one attached hydrogen (secondary N) is 3. The van der Waals surface area contributed by atoms with E-state index in [2.05, 4.69) is 62.5 Å². The van der Waals surface area contributed by atoms with Crippen molar-refractivity contribution in [2.75, 3.05) is 40.1 Å². The molecule has 0 spiro atoms. The largest absolute Gasteiger partial charge is 0.370 e. The van der Waals surface area contributed by atoms with E-state index >= 15 is 0 Å². The van der Waals surface area contributed by atoms with Crippen molar-refractivity contribution in [1.82, 2.24) is 9.97 Å². The van der Waals surface area contributed by atoms with Crippen molar-refractivity contribution < 1.29 is 9.18 Å². The van der Waals surface area contributed by atoms with Gasteiger partial charge in [-0.1, -0.05) is 105 Å². The number of rotatable bonds is 15. The minimum absolute atomic E-state index is 0.189. The summed E-state index contributed by atoms with van der Waals surface area (Å²) in [5.41, 5.74) is 7.91. The number of nitrogens with two attached hydrogens (primary N) is 1. The van der Waals surface area contributed by atoms with Gasteiger partial charge in [-0.15, -0.1) is 0 Å². The summed E-state index contributed by atoms with van der Waals surface area (Å²) < 4.78 is 1.97. The van der Waals surface area contributed by atoms with Crippen LogP contribution in [0.2, 0.25) is 15.1 Å². The molecule has 41 heavy (non-hydrogen) atoms. The maximum atomic E-state index is 7.04. The fourth-order valence-electron chi connectivity index (χ4n) is 4.68. The Morgan fingerprint density at radius 3 is 1.93 bits per heavy atom. The quantitative estimate of drug-likeness (QED) is 0.0446. The lowest BCUT2D eigenvalue weighted by atomic mass is 10.1. The molecule has 228 valence electrons. The van der Waals surface area contributed by atoms with Crippen molar-refractivity contribution in [2.24, 2.45) is 5.73 Å². The van der Waals surface area contributed by atoms with E-state index in [1.165, 1.54) is 76.3 Å². The third kappa shape index (κ3) is 12.4. The van der Waals surface area contributed by atoms with Crippen LogP contribution in [-0.2, 0) is 6.54 Å². The Morgan fingerprint density at radius 2 is 1.37 bits per heavy atom. The number of hydrogen-bond donors (Lipinski definition) is 4. The van der Waals surface area contributed by atoms with Crippen LogP contribution in [-0.4, -0.2) is 59.8 Å². The van der Waals surface area contributed by atoms with Crippen LogP contribution >= 0.6 is 34.8 Å². The highest BCUT2D eigenvalue weighted by atomic mass is 35.5. The van der Waals surface area contributed by atoms with Gasteiger partial charge in [-0.3, -0.25) is 10.7 Å². The number of aromatic amines is 1. The van der Waals surface area contributed by atoms with Crippen LogP contribution in [0.25, 0.3) is 11.0 Å². The number of benzene rings is 2. The molecule has 1 heterocycles. The van der Waals surface area contributed by atoms with E-state index in [1.54, 1.807) is 12.1 Å². The first-order valence-electron chi connectivity index (χ1n) is 14.7. The van der Waals surface area contributed by atoms with Gasteiger partial charge >= 0.3 is 0 Å². The maximum Gasteiger partial charge on any atom is 0.208 e. The van der Waals surface area contributed by atoms with Gasteiger partial charge in [0.05, 0.1) is 21.1 Å². The number of guanidine groups is 1. The number of hydrogen-bond acceptors (Lipinski definition) is 2. The summed E-state index contributed by atoms with van der Waals surface area (Å²) in [6, 6.07) is 11.6. The lowest BCUT2D eigenvalue weighted by Gasteiger charge is -2.44. The average molecular weight is 627 g/mol. The SMILES string of the molecule is CCCCCCCCCCCC[N+](C)(C)[N+](C)(C)Cc1ccc(Cl)cc1.N=C(N)Nc1nc2cc(Cl)c(Cl)cc2[nH]1. The van der Waals surface area contributed by atoms with E-state index in [1.807, 2.05) is 12.1 Å². The minimum Gasteiger partial charge on any atom is -0.370 e. The fourth-order valence-corrected chi connectivity index (χ4v) is 5.12. The van der Waals surface area contributed by atoms with Crippen LogP contribution in [0.5, 0.6) is 0 Å². The molecule has 0 saturated heterocycles. The topological polar surface area (TPSA) is 90.6 Å². The van der Waals surface area contributed by atoms with Gasteiger partial charge in [0.25, 0.3) is 0 Å². The molecule has 0 aliphatic heterocycles. The molecule has 1 aromatic heterocycles. The first kappa shape index (κ1) is 35.2. The number of halogens is 3. The predicted molar refractivity (Wildman–Crippen MR) is 178 cm³/mol. The second-order valence-electron chi connectivity index (χ2n) is 11.8. The highest BCUT2D eigenvalue weighted by molar-refractivity contribution is 6.42. The van der Waals surface area contributed by atoms with E-state index in [4.69, 9.17) is 45.9 Å². The highest BCUT2D eigenvalue weighted by Gasteiger charge is 2.35. The molecular formula is C31H50Cl3N7+2. The van der Waals surface area contributed by atoms with Crippen molar-refractivity contribution >= 4 is 57.7 Å². The second-order valence-corrected chi connectivity index (χ2v) is 13.1. The van der Waals surface area contributed by atoms with Crippen LogP contribution in [0.3, 0.4) is 0 Å². The summed E-state index contributed by atoms with van der Waals surface area (Å²) in [6.45, 7) is 4.55. The first-order chi connectivity index (χ1) is 19.3. The normalized spacial score (nSPS) is 11.8.